The molecule has 8 heteroatoms. The Balaban J connectivity index is 2.13. The molecule has 0 aliphatic carbocycles. The van der Waals surface area contributed by atoms with Crippen LogP contribution in [-0.4, -0.2) is 30.2 Å². The van der Waals surface area contributed by atoms with Gasteiger partial charge in [0.1, 0.15) is 0 Å². The highest BCUT2D eigenvalue weighted by Crippen LogP contribution is 2.28. The highest BCUT2D eigenvalue weighted by Gasteiger charge is 2.16. The maximum absolute atomic E-state index is 13.6. The number of halogens is 2. The van der Waals surface area contributed by atoms with E-state index in [1.54, 1.807) is 6.07 Å². The molecule has 0 saturated carbocycles. The van der Waals surface area contributed by atoms with Gasteiger partial charge in [0.2, 0.25) is 5.91 Å². The second kappa shape index (κ2) is 6.16. The number of nitrogens with one attached hydrogen (secondary N) is 1. The molecule has 1 amide bonds. The van der Waals surface area contributed by atoms with Gasteiger partial charge in [-0.2, -0.15) is 5.10 Å². The van der Waals surface area contributed by atoms with Crippen LogP contribution in [0.2, 0.25) is 0 Å². The molecular formula is C11H9BrFN3O2S. The number of hydrogen-bond donors (Lipinski definition) is 1. The molecule has 1 saturated heterocycles. The first-order valence-corrected chi connectivity index (χ1v) is 6.94. The van der Waals surface area contributed by atoms with Gasteiger partial charge in [-0.05, 0) is 33.6 Å². The molecule has 0 atom stereocenters. The van der Waals surface area contributed by atoms with Crippen LogP contribution < -0.4 is 10.1 Å². The molecule has 0 aromatic heterocycles. The largest absolute Gasteiger partial charge is 0.492 e. The molecule has 1 heterocycles. The predicted octanol–water partition coefficient (Wildman–Crippen LogP) is 2.15. The molecule has 0 spiro atoms. The van der Waals surface area contributed by atoms with Gasteiger partial charge in [-0.3, -0.25) is 4.79 Å². The number of benzene rings is 1. The zero-order chi connectivity index (χ0) is 13.8. The Morgan fingerprint density at radius 1 is 1.58 bits per heavy atom. The van der Waals surface area contributed by atoms with Gasteiger partial charge in [0, 0.05) is 0 Å². The zero-order valence-electron chi connectivity index (χ0n) is 9.81. The molecule has 5 nitrogen and oxygen atoms in total. The van der Waals surface area contributed by atoms with Crippen LogP contribution in [0.3, 0.4) is 0 Å². The molecular weight excluding hydrogens is 337 g/mol. The third-order valence-corrected chi connectivity index (χ3v) is 3.62. The minimum atomic E-state index is -0.491. The summed E-state index contributed by atoms with van der Waals surface area (Å²) < 4.78 is 19.0. The van der Waals surface area contributed by atoms with E-state index in [0.717, 1.165) is 0 Å². The van der Waals surface area contributed by atoms with E-state index in [1.165, 1.54) is 31.2 Å². The number of amidine groups is 1. The summed E-state index contributed by atoms with van der Waals surface area (Å²) >= 11 is 4.47. The second-order valence-electron chi connectivity index (χ2n) is 3.50. The number of nitrogens with zero attached hydrogens (tertiary/aromatic N) is 2. The lowest BCUT2D eigenvalue weighted by atomic mass is 10.2. The molecule has 1 aliphatic rings. The SMILES string of the molecule is COc1c(F)cc(C=NN=C2NC(=O)CS2)cc1Br. The Bertz CT molecular complexity index is 554. The summed E-state index contributed by atoms with van der Waals surface area (Å²) in [6.45, 7) is 0. The zero-order valence-corrected chi connectivity index (χ0v) is 12.2. The average Bonchev–Trinajstić information content (AvgIpc) is 2.75. The van der Waals surface area contributed by atoms with Crippen molar-refractivity contribution in [2.45, 2.75) is 0 Å². The Morgan fingerprint density at radius 2 is 2.37 bits per heavy atom. The normalized spacial score (nSPS) is 17.2. The van der Waals surface area contributed by atoms with E-state index in [2.05, 4.69) is 31.4 Å². The molecule has 0 unspecified atom stereocenters. The Morgan fingerprint density at radius 3 is 2.95 bits per heavy atom. The highest BCUT2D eigenvalue weighted by atomic mass is 79.9. The van der Waals surface area contributed by atoms with Gasteiger partial charge in [-0.25, -0.2) is 4.39 Å². The van der Waals surface area contributed by atoms with Crippen molar-refractivity contribution < 1.29 is 13.9 Å². The number of carbonyl (C=O) groups is 1. The number of ether oxygens (including phenoxy) is 1. The van der Waals surface area contributed by atoms with Crippen molar-refractivity contribution in [3.8, 4) is 5.75 Å². The van der Waals surface area contributed by atoms with Crippen molar-refractivity contribution in [2.24, 2.45) is 10.2 Å². The Kier molecular flexibility index (Phi) is 4.54. The summed E-state index contributed by atoms with van der Waals surface area (Å²) in [7, 11) is 1.39. The molecule has 1 aromatic rings. The van der Waals surface area contributed by atoms with Gasteiger partial charge in [0.05, 0.1) is 23.5 Å². The summed E-state index contributed by atoms with van der Waals surface area (Å²) in [6, 6.07) is 2.94. The first-order valence-electron chi connectivity index (χ1n) is 5.17. The lowest BCUT2D eigenvalue weighted by Crippen LogP contribution is -2.19. The van der Waals surface area contributed by atoms with E-state index in [4.69, 9.17) is 4.74 Å². The van der Waals surface area contributed by atoms with Gasteiger partial charge < -0.3 is 10.1 Å². The highest BCUT2D eigenvalue weighted by molar-refractivity contribution is 9.10. The lowest BCUT2D eigenvalue weighted by molar-refractivity contribution is -0.116. The van der Waals surface area contributed by atoms with Crippen molar-refractivity contribution in [1.82, 2.24) is 5.32 Å². The van der Waals surface area contributed by atoms with Crippen LogP contribution in [0.4, 0.5) is 4.39 Å². The number of carbonyl (C=O) groups excluding carboxylic acids is 1. The van der Waals surface area contributed by atoms with E-state index in [0.29, 0.717) is 21.0 Å². The third kappa shape index (κ3) is 3.54. The number of thioether (sulfide) groups is 1. The van der Waals surface area contributed by atoms with E-state index in [9.17, 15) is 9.18 Å². The topological polar surface area (TPSA) is 63.1 Å². The molecule has 2 rings (SSSR count). The summed E-state index contributed by atoms with van der Waals surface area (Å²) in [5.41, 5.74) is 0.531. The molecule has 1 aromatic carbocycles. The fraction of sp³-hybridized carbons (Fsp3) is 0.182. The van der Waals surface area contributed by atoms with Crippen LogP contribution in [0.25, 0.3) is 0 Å². The third-order valence-electron chi connectivity index (χ3n) is 2.17. The fourth-order valence-electron chi connectivity index (χ4n) is 1.38. The Hall–Kier alpha value is -1.41. The fourth-order valence-corrected chi connectivity index (χ4v) is 2.62. The second-order valence-corrected chi connectivity index (χ2v) is 5.32. The van der Waals surface area contributed by atoms with Crippen molar-refractivity contribution in [2.75, 3.05) is 12.9 Å². The van der Waals surface area contributed by atoms with E-state index in [-0.39, 0.29) is 11.7 Å². The van der Waals surface area contributed by atoms with E-state index >= 15 is 0 Å². The van der Waals surface area contributed by atoms with Crippen molar-refractivity contribution in [1.29, 1.82) is 0 Å². The van der Waals surface area contributed by atoms with Crippen LogP contribution in [0, 0.1) is 5.82 Å². The van der Waals surface area contributed by atoms with Crippen LogP contribution in [0.15, 0.2) is 26.8 Å². The van der Waals surface area contributed by atoms with Gasteiger partial charge in [-0.15, -0.1) is 5.10 Å². The van der Waals surface area contributed by atoms with Crippen molar-refractivity contribution >= 4 is 45.0 Å². The quantitative estimate of drug-likeness (QED) is 0.674. The van der Waals surface area contributed by atoms with Crippen LogP contribution in [0.5, 0.6) is 5.75 Å². The molecule has 0 radical (unpaired) electrons. The minimum Gasteiger partial charge on any atom is -0.492 e. The standard InChI is InChI=1S/C11H9BrFN3O2S/c1-18-10-7(12)2-6(3-8(10)13)4-14-16-11-15-9(17)5-19-11/h2-4H,5H2,1H3,(H,15,16,17). The van der Waals surface area contributed by atoms with E-state index < -0.39 is 5.82 Å². The molecule has 1 fully saturated rings. The molecule has 1 aliphatic heterocycles. The summed E-state index contributed by atoms with van der Waals surface area (Å²) in [5.74, 6) is -0.106. The maximum Gasteiger partial charge on any atom is 0.236 e. The number of hydrogen-bond acceptors (Lipinski definition) is 5. The van der Waals surface area contributed by atoms with E-state index in [1.807, 2.05) is 0 Å². The van der Waals surface area contributed by atoms with Gasteiger partial charge >= 0.3 is 0 Å². The molecule has 19 heavy (non-hydrogen) atoms. The number of amides is 1. The van der Waals surface area contributed by atoms with Gasteiger partial charge in [0.15, 0.2) is 16.7 Å². The smallest absolute Gasteiger partial charge is 0.236 e. The molecule has 0 bridgehead atoms. The van der Waals surface area contributed by atoms with Gasteiger partial charge in [-0.1, -0.05) is 11.8 Å². The average molecular weight is 346 g/mol. The van der Waals surface area contributed by atoms with Crippen LogP contribution in [-0.2, 0) is 4.79 Å². The monoisotopic (exact) mass is 345 g/mol. The van der Waals surface area contributed by atoms with Gasteiger partial charge in [0.25, 0.3) is 0 Å². The molecule has 1 N–H and O–H groups in total. The minimum absolute atomic E-state index is 0.0998. The Labute approximate surface area is 121 Å². The number of methoxy groups -OCH3 is 1. The first-order chi connectivity index (χ1) is 9.10. The van der Waals surface area contributed by atoms with Crippen molar-refractivity contribution in [3.05, 3.63) is 28.0 Å². The summed E-state index contributed by atoms with van der Waals surface area (Å²) in [5, 5.41) is 10.6. The molecule has 100 valence electrons. The van der Waals surface area contributed by atoms with Crippen LogP contribution >= 0.6 is 27.7 Å². The lowest BCUT2D eigenvalue weighted by Gasteiger charge is -2.04. The predicted molar refractivity (Wildman–Crippen MR) is 76.3 cm³/mol. The van der Waals surface area contributed by atoms with Crippen LogP contribution in [0.1, 0.15) is 5.56 Å². The summed E-state index contributed by atoms with van der Waals surface area (Å²) in [6.07, 6.45) is 1.39. The summed E-state index contributed by atoms with van der Waals surface area (Å²) in [4.78, 5) is 10.9. The maximum atomic E-state index is 13.6. The van der Waals surface area contributed by atoms with Crippen molar-refractivity contribution in [3.63, 3.8) is 0 Å². The first kappa shape index (κ1) is 14.0. The number of rotatable bonds is 3.